The molecule has 1 aromatic carbocycles. The van der Waals surface area contributed by atoms with Gasteiger partial charge in [0, 0.05) is 12.1 Å². The lowest BCUT2D eigenvalue weighted by Gasteiger charge is -2.19. The first kappa shape index (κ1) is 11.1. The van der Waals surface area contributed by atoms with Crippen LogP contribution in [-0.2, 0) is 6.42 Å². The van der Waals surface area contributed by atoms with Gasteiger partial charge in [-0.2, -0.15) is 0 Å². The molecule has 0 spiro atoms. The normalized spacial score (nSPS) is 31.7. The molecule has 0 aromatic heterocycles. The van der Waals surface area contributed by atoms with Crippen LogP contribution in [0.1, 0.15) is 49.8 Å². The van der Waals surface area contributed by atoms with Gasteiger partial charge in [0.2, 0.25) is 0 Å². The third-order valence-electron chi connectivity index (χ3n) is 4.34. The first-order chi connectivity index (χ1) is 8.22. The monoisotopic (exact) mass is 231 g/mol. The van der Waals surface area contributed by atoms with Crippen molar-refractivity contribution in [3.8, 4) is 5.75 Å². The Morgan fingerprint density at radius 2 is 2.12 bits per heavy atom. The maximum atomic E-state index is 9.48. The van der Waals surface area contributed by atoms with Gasteiger partial charge >= 0.3 is 0 Å². The van der Waals surface area contributed by atoms with E-state index < -0.39 is 0 Å². The number of phenolic OH excluding ortho intramolecular Hbond substituents is 1. The predicted octanol–water partition coefficient (Wildman–Crippen LogP) is 3.16. The van der Waals surface area contributed by atoms with E-state index in [4.69, 9.17) is 0 Å². The van der Waals surface area contributed by atoms with Crippen LogP contribution < -0.4 is 5.32 Å². The lowest BCUT2D eigenvalue weighted by Crippen LogP contribution is -2.29. The number of aryl methyl sites for hydroxylation is 1. The van der Waals surface area contributed by atoms with Gasteiger partial charge in [0.1, 0.15) is 5.75 Å². The van der Waals surface area contributed by atoms with E-state index in [2.05, 4.69) is 18.3 Å². The topological polar surface area (TPSA) is 32.3 Å². The number of fused-ring (bicyclic) bond motifs is 1. The molecule has 0 radical (unpaired) electrons. The van der Waals surface area contributed by atoms with Gasteiger partial charge < -0.3 is 10.4 Å². The largest absolute Gasteiger partial charge is 0.508 e. The summed E-state index contributed by atoms with van der Waals surface area (Å²) in [6.07, 6.45) is 6.30. The van der Waals surface area contributed by atoms with Gasteiger partial charge in [-0.3, -0.25) is 0 Å². The minimum Gasteiger partial charge on any atom is -0.508 e. The zero-order valence-corrected chi connectivity index (χ0v) is 10.4. The third-order valence-corrected chi connectivity index (χ3v) is 4.34. The van der Waals surface area contributed by atoms with E-state index in [1.54, 1.807) is 0 Å². The standard InChI is InChI=1S/C15H21NO/c1-10-2-4-12(8-10)16-15-7-3-11-9-13(17)5-6-14(11)15/h5-6,9-10,12,15-17H,2-4,7-8H2,1H3. The number of aromatic hydroxyl groups is 1. The van der Waals surface area contributed by atoms with E-state index in [9.17, 15) is 5.11 Å². The molecular weight excluding hydrogens is 210 g/mol. The van der Waals surface area contributed by atoms with Gasteiger partial charge in [-0.15, -0.1) is 0 Å². The van der Waals surface area contributed by atoms with Crippen molar-refractivity contribution in [2.75, 3.05) is 0 Å². The van der Waals surface area contributed by atoms with Gasteiger partial charge in [0.25, 0.3) is 0 Å². The van der Waals surface area contributed by atoms with E-state index >= 15 is 0 Å². The van der Waals surface area contributed by atoms with Crippen molar-refractivity contribution in [3.63, 3.8) is 0 Å². The molecule has 0 bridgehead atoms. The fraction of sp³-hybridized carbons (Fsp3) is 0.600. The molecule has 0 saturated heterocycles. The number of phenols is 1. The van der Waals surface area contributed by atoms with Crippen molar-refractivity contribution >= 4 is 0 Å². The molecule has 3 unspecified atom stereocenters. The molecule has 3 atom stereocenters. The summed E-state index contributed by atoms with van der Waals surface area (Å²) in [5, 5.41) is 13.3. The van der Waals surface area contributed by atoms with Crippen LogP contribution in [-0.4, -0.2) is 11.1 Å². The molecule has 2 nitrogen and oxygen atoms in total. The third kappa shape index (κ3) is 2.19. The molecule has 2 N–H and O–H groups in total. The Labute approximate surface area is 103 Å². The average Bonchev–Trinajstić information content (AvgIpc) is 2.86. The summed E-state index contributed by atoms with van der Waals surface area (Å²) in [6, 6.07) is 7.05. The Kier molecular flexibility index (Phi) is 2.83. The van der Waals surface area contributed by atoms with E-state index in [1.165, 1.54) is 36.8 Å². The van der Waals surface area contributed by atoms with Crippen LogP contribution in [0.5, 0.6) is 5.75 Å². The van der Waals surface area contributed by atoms with Crippen molar-refractivity contribution in [1.29, 1.82) is 0 Å². The SMILES string of the molecule is CC1CCC(NC2CCc3cc(O)ccc32)C1. The zero-order chi connectivity index (χ0) is 11.8. The van der Waals surface area contributed by atoms with Crippen LogP contribution in [0.3, 0.4) is 0 Å². The van der Waals surface area contributed by atoms with Gasteiger partial charge in [0.05, 0.1) is 0 Å². The van der Waals surface area contributed by atoms with E-state index in [1.807, 2.05) is 12.1 Å². The van der Waals surface area contributed by atoms with Crippen LogP contribution in [0.2, 0.25) is 0 Å². The molecule has 0 amide bonds. The summed E-state index contributed by atoms with van der Waals surface area (Å²) in [6.45, 7) is 2.35. The molecule has 3 rings (SSSR count). The van der Waals surface area contributed by atoms with Gasteiger partial charge in [0.15, 0.2) is 0 Å². The van der Waals surface area contributed by atoms with Gasteiger partial charge in [-0.1, -0.05) is 13.0 Å². The molecule has 1 fully saturated rings. The van der Waals surface area contributed by atoms with Crippen molar-refractivity contribution in [2.24, 2.45) is 5.92 Å². The summed E-state index contributed by atoms with van der Waals surface area (Å²) in [4.78, 5) is 0. The molecule has 1 aromatic rings. The quantitative estimate of drug-likeness (QED) is 0.819. The molecule has 17 heavy (non-hydrogen) atoms. The van der Waals surface area contributed by atoms with Crippen LogP contribution in [0.15, 0.2) is 18.2 Å². The highest BCUT2D eigenvalue weighted by molar-refractivity contribution is 5.40. The minimum atomic E-state index is 0.402. The second kappa shape index (κ2) is 4.34. The average molecular weight is 231 g/mol. The lowest BCUT2D eigenvalue weighted by molar-refractivity contribution is 0.428. The lowest BCUT2D eigenvalue weighted by atomic mass is 10.1. The number of nitrogens with one attached hydrogen (secondary N) is 1. The summed E-state index contributed by atoms with van der Waals surface area (Å²) < 4.78 is 0. The van der Waals surface area contributed by atoms with Crippen molar-refractivity contribution < 1.29 is 5.11 Å². The molecule has 0 heterocycles. The predicted molar refractivity (Wildman–Crippen MR) is 69.1 cm³/mol. The van der Waals surface area contributed by atoms with Crippen LogP contribution in [0, 0.1) is 5.92 Å². The Morgan fingerprint density at radius 3 is 2.88 bits per heavy atom. The van der Waals surface area contributed by atoms with E-state index in [0.29, 0.717) is 17.8 Å². The Balaban J connectivity index is 1.71. The second-order valence-electron chi connectivity index (χ2n) is 5.76. The summed E-state index contributed by atoms with van der Waals surface area (Å²) in [5.41, 5.74) is 2.73. The smallest absolute Gasteiger partial charge is 0.115 e. The zero-order valence-electron chi connectivity index (χ0n) is 10.4. The van der Waals surface area contributed by atoms with Gasteiger partial charge in [-0.05, 0) is 61.3 Å². The van der Waals surface area contributed by atoms with E-state index in [-0.39, 0.29) is 0 Å². The number of hydrogen-bond donors (Lipinski definition) is 2. The van der Waals surface area contributed by atoms with Crippen molar-refractivity contribution in [2.45, 2.75) is 51.1 Å². The highest BCUT2D eigenvalue weighted by Crippen LogP contribution is 2.35. The van der Waals surface area contributed by atoms with E-state index in [0.717, 1.165) is 12.3 Å². The van der Waals surface area contributed by atoms with Crippen LogP contribution in [0.4, 0.5) is 0 Å². The van der Waals surface area contributed by atoms with Crippen LogP contribution >= 0.6 is 0 Å². The summed E-state index contributed by atoms with van der Waals surface area (Å²) in [5.74, 6) is 1.28. The maximum absolute atomic E-state index is 9.48. The van der Waals surface area contributed by atoms with Crippen molar-refractivity contribution in [3.05, 3.63) is 29.3 Å². The fourth-order valence-electron chi connectivity index (χ4n) is 3.42. The van der Waals surface area contributed by atoms with Crippen molar-refractivity contribution in [1.82, 2.24) is 5.32 Å². The van der Waals surface area contributed by atoms with Gasteiger partial charge in [-0.25, -0.2) is 0 Å². The highest BCUT2D eigenvalue weighted by atomic mass is 16.3. The Hall–Kier alpha value is -1.02. The molecule has 2 aliphatic carbocycles. The number of hydrogen-bond acceptors (Lipinski definition) is 2. The highest BCUT2D eigenvalue weighted by Gasteiger charge is 2.28. The van der Waals surface area contributed by atoms with Crippen LogP contribution in [0.25, 0.3) is 0 Å². The first-order valence-electron chi connectivity index (χ1n) is 6.80. The molecule has 1 saturated carbocycles. The first-order valence-corrected chi connectivity index (χ1v) is 6.80. The molecule has 0 aliphatic heterocycles. The fourth-order valence-corrected chi connectivity index (χ4v) is 3.42. The second-order valence-corrected chi connectivity index (χ2v) is 5.76. The number of rotatable bonds is 2. The maximum Gasteiger partial charge on any atom is 0.115 e. The minimum absolute atomic E-state index is 0.402. The molecule has 92 valence electrons. The molecular formula is C15H21NO. The Morgan fingerprint density at radius 1 is 1.24 bits per heavy atom. The summed E-state index contributed by atoms with van der Waals surface area (Å²) >= 11 is 0. The number of benzene rings is 1. The molecule has 2 heteroatoms. The summed E-state index contributed by atoms with van der Waals surface area (Å²) in [7, 11) is 0. The Bertz CT molecular complexity index is 415. The molecule has 2 aliphatic rings.